The van der Waals surface area contributed by atoms with Crippen molar-refractivity contribution in [2.45, 2.75) is 50.2 Å². The van der Waals surface area contributed by atoms with Gasteiger partial charge in [-0.2, -0.15) is 0 Å². The highest BCUT2D eigenvalue weighted by molar-refractivity contribution is 7.98. The van der Waals surface area contributed by atoms with Gasteiger partial charge in [0.1, 0.15) is 5.01 Å². The Morgan fingerprint density at radius 1 is 1.20 bits per heavy atom. The van der Waals surface area contributed by atoms with E-state index in [2.05, 4.69) is 23.8 Å². The molecule has 0 saturated carbocycles. The lowest BCUT2D eigenvalue weighted by atomic mass is 10.2. The van der Waals surface area contributed by atoms with E-state index in [4.69, 9.17) is 24.2 Å². The second-order valence-electron chi connectivity index (χ2n) is 7.31. The Labute approximate surface area is 185 Å². The molecule has 4 rings (SSSR count). The smallest absolute Gasteiger partial charge is 0.168 e. The van der Waals surface area contributed by atoms with Gasteiger partial charge in [-0.05, 0) is 44.9 Å². The number of thiazole rings is 1. The number of hydrogen-bond acceptors (Lipinski definition) is 7. The van der Waals surface area contributed by atoms with Gasteiger partial charge in [-0.1, -0.05) is 11.8 Å². The zero-order valence-electron chi connectivity index (χ0n) is 17.8. The Morgan fingerprint density at radius 3 is 2.77 bits per heavy atom. The molecule has 6 nitrogen and oxygen atoms in total. The normalized spacial score (nSPS) is 16.2. The van der Waals surface area contributed by atoms with Crippen molar-refractivity contribution in [3.63, 3.8) is 0 Å². The van der Waals surface area contributed by atoms with Gasteiger partial charge in [0.05, 0.1) is 38.3 Å². The van der Waals surface area contributed by atoms with Crippen LogP contribution in [0.2, 0.25) is 0 Å². The second-order valence-corrected chi connectivity index (χ2v) is 9.11. The molecule has 0 radical (unpaired) electrons. The second kappa shape index (κ2) is 9.41. The lowest BCUT2D eigenvalue weighted by Crippen LogP contribution is -2.16. The van der Waals surface area contributed by atoms with Gasteiger partial charge in [-0.15, -0.1) is 11.3 Å². The summed E-state index contributed by atoms with van der Waals surface area (Å²) in [5.41, 5.74) is 4.38. The molecular formula is C22H27N3O3S2. The number of benzene rings is 1. The molecule has 1 aliphatic rings. The largest absolute Gasteiger partial charge is 0.493 e. The molecule has 1 aliphatic heterocycles. The average Bonchev–Trinajstić information content (AvgIpc) is 3.50. The highest BCUT2D eigenvalue weighted by Gasteiger charge is 2.20. The Balaban J connectivity index is 1.47. The zero-order valence-corrected chi connectivity index (χ0v) is 19.4. The maximum Gasteiger partial charge on any atom is 0.168 e. The molecular weight excluding hydrogens is 418 g/mol. The zero-order chi connectivity index (χ0) is 21.1. The van der Waals surface area contributed by atoms with Crippen LogP contribution in [0.1, 0.15) is 29.9 Å². The summed E-state index contributed by atoms with van der Waals surface area (Å²) in [5.74, 6) is 2.21. The minimum absolute atomic E-state index is 0.299. The number of aryl methyl sites for hydroxylation is 1. The predicted octanol–water partition coefficient (Wildman–Crippen LogP) is 5.11. The monoisotopic (exact) mass is 445 g/mol. The molecule has 0 bridgehead atoms. The third-order valence-corrected chi connectivity index (χ3v) is 7.31. The summed E-state index contributed by atoms with van der Waals surface area (Å²) < 4.78 is 18.9. The van der Waals surface area contributed by atoms with E-state index < -0.39 is 0 Å². The first-order valence-corrected chi connectivity index (χ1v) is 11.9. The van der Waals surface area contributed by atoms with Crippen molar-refractivity contribution in [3.8, 4) is 22.1 Å². The van der Waals surface area contributed by atoms with Crippen LogP contribution in [0, 0.1) is 13.8 Å². The minimum atomic E-state index is 0.299. The molecule has 0 N–H and O–H groups in total. The summed E-state index contributed by atoms with van der Waals surface area (Å²) in [5, 5.41) is 4.13. The van der Waals surface area contributed by atoms with Crippen LogP contribution in [0.4, 0.5) is 0 Å². The van der Waals surface area contributed by atoms with Gasteiger partial charge in [0.15, 0.2) is 16.7 Å². The van der Waals surface area contributed by atoms with Gasteiger partial charge in [-0.3, -0.25) is 0 Å². The molecule has 0 unspecified atom stereocenters. The highest BCUT2D eigenvalue weighted by atomic mass is 32.2. The predicted molar refractivity (Wildman–Crippen MR) is 121 cm³/mol. The molecule has 3 aromatic rings. The number of ether oxygens (including phenoxy) is 3. The summed E-state index contributed by atoms with van der Waals surface area (Å²) >= 11 is 3.38. The maximum atomic E-state index is 5.84. The van der Waals surface area contributed by atoms with Crippen molar-refractivity contribution in [2.24, 2.45) is 0 Å². The molecule has 3 heterocycles. The van der Waals surface area contributed by atoms with Crippen LogP contribution in [-0.4, -0.2) is 41.5 Å². The first kappa shape index (κ1) is 21.2. The van der Waals surface area contributed by atoms with E-state index in [0.29, 0.717) is 11.9 Å². The summed E-state index contributed by atoms with van der Waals surface area (Å²) in [4.78, 5) is 9.62. The fraction of sp³-hybridized carbons (Fsp3) is 0.455. The van der Waals surface area contributed by atoms with E-state index >= 15 is 0 Å². The first-order valence-electron chi connectivity index (χ1n) is 10.0. The lowest BCUT2D eigenvalue weighted by Gasteiger charge is -2.14. The number of methoxy groups -OCH3 is 2. The third-order valence-electron chi connectivity index (χ3n) is 5.36. The summed E-state index contributed by atoms with van der Waals surface area (Å²) in [6, 6.07) is 5.89. The van der Waals surface area contributed by atoms with Gasteiger partial charge < -0.3 is 18.8 Å². The fourth-order valence-electron chi connectivity index (χ4n) is 3.55. The van der Waals surface area contributed by atoms with Crippen molar-refractivity contribution in [1.82, 2.24) is 14.5 Å². The number of aromatic nitrogens is 3. The van der Waals surface area contributed by atoms with Crippen molar-refractivity contribution < 1.29 is 14.2 Å². The SMILES string of the molecule is COc1ccc(-c2nc(CSc3nc(C)c(C)n3C[C@@H]3CCCO3)cs2)cc1OC. The number of imidazole rings is 1. The lowest BCUT2D eigenvalue weighted by molar-refractivity contribution is 0.0945. The van der Waals surface area contributed by atoms with Crippen LogP contribution in [0.3, 0.4) is 0 Å². The standard InChI is InChI=1S/C22H27N3O3S2/c1-14-15(2)25(11-18-6-5-9-28-18)22(23-14)30-13-17-12-29-21(24-17)16-7-8-19(26-3)20(10-16)27-4/h7-8,10,12,18H,5-6,9,11,13H2,1-4H3/t18-/m0/s1. The molecule has 0 aliphatic carbocycles. The van der Waals surface area contributed by atoms with Crippen molar-refractivity contribution in [3.05, 3.63) is 40.7 Å². The highest BCUT2D eigenvalue weighted by Crippen LogP contribution is 2.34. The van der Waals surface area contributed by atoms with Crippen LogP contribution < -0.4 is 9.47 Å². The van der Waals surface area contributed by atoms with Gasteiger partial charge in [-0.25, -0.2) is 9.97 Å². The molecule has 160 valence electrons. The molecule has 0 amide bonds. The first-order chi connectivity index (χ1) is 14.6. The number of nitrogens with zero attached hydrogens (tertiary/aromatic N) is 3. The van der Waals surface area contributed by atoms with E-state index in [-0.39, 0.29) is 0 Å². The quantitative estimate of drug-likeness (QED) is 0.449. The summed E-state index contributed by atoms with van der Waals surface area (Å²) in [6.45, 7) is 5.96. The van der Waals surface area contributed by atoms with E-state index in [1.807, 2.05) is 18.2 Å². The Morgan fingerprint density at radius 2 is 2.03 bits per heavy atom. The van der Waals surface area contributed by atoms with Crippen LogP contribution in [-0.2, 0) is 17.0 Å². The van der Waals surface area contributed by atoms with E-state index in [9.17, 15) is 0 Å². The molecule has 1 atom stereocenters. The maximum absolute atomic E-state index is 5.84. The van der Waals surface area contributed by atoms with E-state index in [1.165, 1.54) is 5.69 Å². The van der Waals surface area contributed by atoms with Gasteiger partial charge in [0, 0.05) is 29.0 Å². The Kier molecular flexibility index (Phi) is 6.65. The number of rotatable bonds is 8. The topological polar surface area (TPSA) is 58.4 Å². The summed E-state index contributed by atoms with van der Waals surface area (Å²) in [6.07, 6.45) is 2.58. The molecule has 30 heavy (non-hydrogen) atoms. The molecule has 1 fully saturated rings. The fourth-order valence-corrected chi connectivity index (χ4v) is 5.47. The van der Waals surface area contributed by atoms with Gasteiger partial charge in [0.2, 0.25) is 0 Å². The summed E-state index contributed by atoms with van der Waals surface area (Å²) in [7, 11) is 3.29. The molecule has 2 aromatic heterocycles. The molecule has 1 saturated heterocycles. The van der Waals surface area contributed by atoms with Crippen molar-refractivity contribution in [1.29, 1.82) is 0 Å². The molecule has 8 heteroatoms. The number of thioether (sulfide) groups is 1. The number of hydrogen-bond donors (Lipinski definition) is 0. The minimum Gasteiger partial charge on any atom is -0.493 e. The van der Waals surface area contributed by atoms with Crippen LogP contribution in [0.25, 0.3) is 10.6 Å². The third kappa shape index (κ3) is 4.50. The Hall–Kier alpha value is -2.03. The van der Waals surface area contributed by atoms with Gasteiger partial charge >= 0.3 is 0 Å². The average molecular weight is 446 g/mol. The van der Waals surface area contributed by atoms with Crippen molar-refractivity contribution >= 4 is 23.1 Å². The van der Waals surface area contributed by atoms with E-state index in [1.54, 1.807) is 37.3 Å². The van der Waals surface area contributed by atoms with Crippen LogP contribution in [0.15, 0.2) is 28.7 Å². The van der Waals surface area contributed by atoms with Crippen LogP contribution >= 0.6 is 23.1 Å². The Bertz CT molecular complexity index is 1010. The van der Waals surface area contributed by atoms with Gasteiger partial charge in [0.25, 0.3) is 0 Å². The van der Waals surface area contributed by atoms with E-state index in [0.717, 1.165) is 64.6 Å². The molecule has 0 spiro atoms. The molecule has 1 aromatic carbocycles. The van der Waals surface area contributed by atoms with Crippen molar-refractivity contribution in [2.75, 3.05) is 20.8 Å². The van der Waals surface area contributed by atoms with Crippen LogP contribution in [0.5, 0.6) is 11.5 Å².